The average molecular weight is 714 g/mol. The Morgan fingerprint density at radius 2 is 1.15 bits per heavy atom. The van der Waals surface area contributed by atoms with Crippen LogP contribution >= 0.6 is 15.2 Å². The fraction of sp³-hybridized carbons (Fsp3) is 0.407. The van der Waals surface area contributed by atoms with Crippen LogP contribution in [0.15, 0.2) is 48.5 Å². The van der Waals surface area contributed by atoms with Gasteiger partial charge in [-0.1, -0.05) is 55.5 Å². The van der Waals surface area contributed by atoms with Crippen molar-refractivity contribution in [3.63, 3.8) is 0 Å². The van der Waals surface area contributed by atoms with Gasteiger partial charge in [0.2, 0.25) is 17.7 Å². The molecule has 47 heavy (non-hydrogen) atoms. The number of nitrogens with two attached hydrogens (primary N) is 1. The first-order valence-electron chi connectivity index (χ1n) is 13.5. The molecular formula is C27H33F4N3O11P2. The van der Waals surface area contributed by atoms with Crippen LogP contribution < -0.4 is 16.4 Å². The van der Waals surface area contributed by atoms with E-state index in [4.69, 9.17) is 25.3 Å². The highest BCUT2D eigenvalue weighted by atomic mass is 31.2. The topological polar surface area (TPSA) is 243 Å². The van der Waals surface area contributed by atoms with E-state index in [1.54, 1.807) is 0 Å². The van der Waals surface area contributed by atoms with E-state index in [9.17, 15) is 45.9 Å². The van der Waals surface area contributed by atoms with Crippen molar-refractivity contribution >= 4 is 38.9 Å². The number of nitrogens with one attached hydrogen (secondary N) is 2. The van der Waals surface area contributed by atoms with E-state index < -0.39 is 79.3 Å². The maximum Gasteiger partial charge on any atom is 0.399 e. The van der Waals surface area contributed by atoms with Crippen molar-refractivity contribution < 1.29 is 70.2 Å². The minimum atomic E-state index is -5.87. The Balaban J connectivity index is 2.32. The molecule has 3 amide bonds. The number of halogens is 4. The number of carbonyl (C=O) groups excluding carboxylic acids is 4. The Labute approximate surface area is 265 Å². The van der Waals surface area contributed by atoms with Gasteiger partial charge in [0.05, 0.1) is 7.11 Å². The van der Waals surface area contributed by atoms with Crippen LogP contribution in [-0.2, 0) is 57.2 Å². The van der Waals surface area contributed by atoms with Gasteiger partial charge in [-0.2, -0.15) is 17.6 Å². The SMILES string of the molecule is COC(=O)CC[C@H](C)C(=O)NC(Cc1ccc(C(F)(F)P(=O)(O)O)cc1)C(=O)NC(Cc1ccc(C(F)(F)P(=O)(O)O)cc1)C(N)=O. The van der Waals surface area contributed by atoms with Crippen molar-refractivity contribution in [2.75, 3.05) is 7.11 Å². The predicted octanol–water partition coefficient (Wildman–Crippen LogP) is 1.97. The number of alkyl halides is 4. The third-order valence-electron chi connectivity index (χ3n) is 6.96. The van der Waals surface area contributed by atoms with Crippen LogP contribution in [-0.4, -0.2) is 62.5 Å². The molecule has 0 radical (unpaired) electrons. The number of hydrogen-bond donors (Lipinski definition) is 7. The Kier molecular flexibility index (Phi) is 13.0. The van der Waals surface area contributed by atoms with Crippen LogP contribution in [0, 0.1) is 5.92 Å². The molecule has 20 heteroatoms. The van der Waals surface area contributed by atoms with Gasteiger partial charge in [-0.15, -0.1) is 0 Å². The highest BCUT2D eigenvalue weighted by Crippen LogP contribution is 2.60. The van der Waals surface area contributed by atoms with Crippen LogP contribution in [0.25, 0.3) is 0 Å². The number of amides is 3. The van der Waals surface area contributed by atoms with E-state index in [0.29, 0.717) is 12.1 Å². The van der Waals surface area contributed by atoms with Crippen molar-refractivity contribution in [3.05, 3.63) is 70.8 Å². The second kappa shape index (κ2) is 15.5. The maximum absolute atomic E-state index is 14.1. The average Bonchev–Trinajstić information content (AvgIpc) is 2.98. The number of rotatable bonds is 16. The minimum absolute atomic E-state index is 0.0139. The van der Waals surface area contributed by atoms with Crippen LogP contribution in [0.3, 0.4) is 0 Å². The summed E-state index contributed by atoms with van der Waals surface area (Å²) in [5.74, 6) is -4.27. The van der Waals surface area contributed by atoms with Gasteiger partial charge in [-0.3, -0.25) is 28.3 Å². The lowest BCUT2D eigenvalue weighted by atomic mass is 9.99. The summed E-state index contributed by atoms with van der Waals surface area (Å²) in [6, 6.07) is 3.99. The molecule has 0 aliphatic heterocycles. The largest absolute Gasteiger partial charge is 0.469 e. The Hall–Kier alpha value is -3.66. The van der Waals surface area contributed by atoms with Crippen molar-refractivity contribution in [2.45, 2.75) is 56.0 Å². The van der Waals surface area contributed by atoms with Crippen LogP contribution in [0.2, 0.25) is 0 Å². The van der Waals surface area contributed by atoms with Crippen LogP contribution in [0.4, 0.5) is 17.6 Å². The number of benzene rings is 2. The van der Waals surface area contributed by atoms with Gasteiger partial charge in [0.1, 0.15) is 12.1 Å². The van der Waals surface area contributed by atoms with E-state index >= 15 is 0 Å². The van der Waals surface area contributed by atoms with Gasteiger partial charge in [0.15, 0.2) is 0 Å². The first kappa shape index (κ1) is 39.5. The lowest BCUT2D eigenvalue weighted by Gasteiger charge is -2.24. The zero-order valence-corrected chi connectivity index (χ0v) is 26.6. The first-order chi connectivity index (χ1) is 21.5. The molecule has 260 valence electrons. The first-order valence-corrected chi connectivity index (χ1v) is 16.8. The van der Waals surface area contributed by atoms with E-state index in [1.807, 2.05) is 0 Å². The van der Waals surface area contributed by atoms with Gasteiger partial charge >= 0.3 is 32.5 Å². The Morgan fingerprint density at radius 3 is 1.51 bits per heavy atom. The summed E-state index contributed by atoms with van der Waals surface area (Å²) in [7, 11) is -10.6. The number of hydrogen-bond acceptors (Lipinski definition) is 7. The van der Waals surface area contributed by atoms with E-state index in [1.165, 1.54) is 6.92 Å². The van der Waals surface area contributed by atoms with Crippen molar-refractivity contribution in [3.8, 4) is 0 Å². The zero-order valence-electron chi connectivity index (χ0n) is 24.8. The normalized spacial score (nSPS) is 14.4. The summed E-state index contributed by atoms with van der Waals surface area (Å²) in [4.78, 5) is 85.8. The van der Waals surface area contributed by atoms with Gasteiger partial charge in [-0.25, -0.2) is 0 Å². The second-order valence-corrected chi connectivity index (χ2v) is 13.8. The Morgan fingerprint density at radius 1 is 0.766 bits per heavy atom. The molecule has 2 rings (SSSR count). The van der Waals surface area contributed by atoms with Crippen LogP contribution in [0.1, 0.15) is 42.0 Å². The van der Waals surface area contributed by atoms with Gasteiger partial charge in [-0.05, 0) is 17.5 Å². The highest BCUT2D eigenvalue weighted by molar-refractivity contribution is 7.52. The summed E-state index contributed by atoms with van der Waals surface area (Å²) in [5, 5.41) is 4.75. The van der Waals surface area contributed by atoms with Crippen molar-refractivity contribution in [1.29, 1.82) is 0 Å². The van der Waals surface area contributed by atoms with Gasteiger partial charge in [0.25, 0.3) is 0 Å². The summed E-state index contributed by atoms with van der Waals surface area (Å²) in [5.41, 5.74) is -5.34. The summed E-state index contributed by atoms with van der Waals surface area (Å²) >= 11 is 0. The summed E-state index contributed by atoms with van der Waals surface area (Å²) < 4.78 is 83.1. The molecule has 2 unspecified atom stereocenters. The third kappa shape index (κ3) is 10.4. The van der Waals surface area contributed by atoms with Crippen molar-refractivity contribution in [1.82, 2.24) is 10.6 Å². The van der Waals surface area contributed by atoms with Gasteiger partial charge in [0, 0.05) is 36.3 Å². The molecule has 0 saturated carbocycles. The molecule has 2 aromatic carbocycles. The second-order valence-electron chi connectivity index (χ2n) is 10.5. The highest BCUT2D eigenvalue weighted by Gasteiger charge is 2.51. The summed E-state index contributed by atoms with van der Waals surface area (Å²) in [6.07, 6.45) is -0.897. The molecule has 3 atom stereocenters. The number of carbonyl (C=O) groups is 4. The molecule has 0 spiro atoms. The molecule has 0 bridgehead atoms. The molecule has 0 aliphatic carbocycles. The smallest absolute Gasteiger partial charge is 0.399 e. The minimum Gasteiger partial charge on any atom is -0.469 e. The zero-order chi connectivity index (χ0) is 36.0. The van der Waals surface area contributed by atoms with E-state index in [0.717, 1.165) is 43.5 Å². The predicted molar refractivity (Wildman–Crippen MR) is 156 cm³/mol. The molecule has 14 nitrogen and oxygen atoms in total. The van der Waals surface area contributed by atoms with E-state index in [-0.39, 0.29) is 36.8 Å². The fourth-order valence-electron chi connectivity index (χ4n) is 4.08. The molecule has 0 fully saturated rings. The Bertz CT molecular complexity index is 1550. The molecular weight excluding hydrogens is 680 g/mol. The van der Waals surface area contributed by atoms with Crippen molar-refractivity contribution in [2.24, 2.45) is 11.7 Å². The lowest BCUT2D eigenvalue weighted by Crippen LogP contribution is -2.55. The lowest BCUT2D eigenvalue weighted by molar-refractivity contribution is -0.141. The molecule has 0 saturated heterocycles. The molecule has 0 heterocycles. The number of primary amides is 1. The maximum atomic E-state index is 14.1. The molecule has 8 N–H and O–H groups in total. The number of methoxy groups -OCH3 is 1. The fourth-order valence-corrected chi connectivity index (χ4v) is 5.05. The molecule has 0 aliphatic rings. The number of esters is 1. The van der Waals surface area contributed by atoms with E-state index in [2.05, 4.69) is 15.4 Å². The quantitative estimate of drug-likeness (QED) is 0.0754. The molecule has 0 aromatic heterocycles. The van der Waals surface area contributed by atoms with Gasteiger partial charge < -0.3 is 40.7 Å². The summed E-state index contributed by atoms with van der Waals surface area (Å²) in [6.45, 7) is 1.44. The molecule has 2 aromatic rings. The number of ether oxygens (including phenoxy) is 1. The monoisotopic (exact) mass is 713 g/mol. The standard InChI is InChI=1S/C27H33F4N3O11P2/c1-15(3-12-22(35)45-2)24(37)34-21(14-17-6-10-19(11-7-17)27(30,31)47(42,43)44)25(38)33-20(23(32)36)13-16-4-8-18(9-5-16)26(28,29)46(39,40)41/h4-11,15,20-21H,3,12-14H2,1-2H3,(H2,32,36)(H,33,38)(H,34,37)(H2,39,40,41)(H2,42,43,44)/t15-,20?,21?/m0/s1. The third-order valence-corrected chi connectivity index (χ3v) is 8.94. The van der Waals surface area contributed by atoms with Crippen LogP contribution in [0.5, 0.6) is 0 Å².